The van der Waals surface area contributed by atoms with E-state index in [1.807, 2.05) is 18.2 Å². The molecule has 0 unspecified atom stereocenters. The summed E-state index contributed by atoms with van der Waals surface area (Å²) in [5.41, 5.74) is 7.21. The number of hydrogen-bond acceptors (Lipinski definition) is 3. The predicted molar refractivity (Wildman–Crippen MR) is 84.9 cm³/mol. The first-order chi connectivity index (χ1) is 10.2. The van der Waals surface area contributed by atoms with Crippen molar-refractivity contribution in [3.8, 4) is 0 Å². The van der Waals surface area contributed by atoms with Crippen molar-refractivity contribution >= 4 is 5.97 Å². The van der Waals surface area contributed by atoms with Gasteiger partial charge >= 0.3 is 5.97 Å². The number of nitrogens with two attached hydrogens (primary N) is 1. The molecular weight excluding hydrogens is 262 g/mol. The molecule has 1 fully saturated rings. The van der Waals surface area contributed by atoms with Crippen molar-refractivity contribution < 1.29 is 9.53 Å². The topological polar surface area (TPSA) is 52.3 Å². The zero-order valence-electron chi connectivity index (χ0n) is 12.9. The third kappa shape index (κ3) is 5.16. The monoisotopic (exact) mass is 289 g/mol. The summed E-state index contributed by atoms with van der Waals surface area (Å²) >= 11 is 0. The van der Waals surface area contributed by atoms with Crippen LogP contribution in [-0.2, 0) is 16.0 Å². The molecule has 0 saturated heterocycles. The summed E-state index contributed by atoms with van der Waals surface area (Å²) in [5, 5.41) is 0. The molecule has 0 atom stereocenters. The molecule has 1 saturated carbocycles. The van der Waals surface area contributed by atoms with Crippen molar-refractivity contribution in [3.63, 3.8) is 0 Å². The van der Waals surface area contributed by atoms with Crippen LogP contribution in [0, 0.1) is 5.41 Å². The minimum atomic E-state index is -0.0737. The summed E-state index contributed by atoms with van der Waals surface area (Å²) in [6, 6.07) is 10.3. The van der Waals surface area contributed by atoms with Crippen molar-refractivity contribution in [2.45, 2.75) is 51.4 Å². The van der Waals surface area contributed by atoms with Crippen LogP contribution in [0.5, 0.6) is 0 Å². The standard InChI is InChI=1S/C18H27NO2/c19-15-18(11-5-2-6-12-18)14-17(20)21-13-7-10-16-8-3-1-4-9-16/h1,3-4,8-9H,2,5-7,10-15,19H2. The summed E-state index contributed by atoms with van der Waals surface area (Å²) in [6.45, 7) is 1.11. The highest BCUT2D eigenvalue weighted by molar-refractivity contribution is 5.70. The second-order valence-electron chi connectivity index (χ2n) is 6.25. The average molecular weight is 289 g/mol. The smallest absolute Gasteiger partial charge is 0.306 e. The zero-order chi connectivity index (χ0) is 15.0. The molecule has 1 aromatic carbocycles. The van der Waals surface area contributed by atoms with Crippen LogP contribution in [-0.4, -0.2) is 19.1 Å². The van der Waals surface area contributed by atoms with Gasteiger partial charge in [-0.3, -0.25) is 4.79 Å². The molecule has 1 aliphatic rings. The van der Waals surface area contributed by atoms with Crippen LogP contribution in [0.2, 0.25) is 0 Å². The zero-order valence-corrected chi connectivity index (χ0v) is 12.9. The van der Waals surface area contributed by atoms with Crippen LogP contribution in [0.4, 0.5) is 0 Å². The highest BCUT2D eigenvalue weighted by Gasteiger charge is 2.33. The third-order valence-corrected chi connectivity index (χ3v) is 4.58. The lowest BCUT2D eigenvalue weighted by Crippen LogP contribution is -2.35. The molecule has 0 aromatic heterocycles. The Bertz CT molecular complexity index is 424. The Labute approximate surface area is 127 Å². The normalized spacial score (nSPS) is 17.4. The minimum Gasteiger partial charge on any atom is -0.466 e. The Kier molecular flexibility index (Phi) is 6.24. The highest BCUT2D eigenvalue weighted by atomic mass is 16.5. The molecule has 2 N–H and O–H groups in total. The van der Waals surface area contributed by atoms with Gasteiger partial charge in [-0.2, -0.15) is 0 Å². The molecule has 3 heteroatoms. The van der Waals surface area contributed by atoms with E-state index in [9.17, 15) is 4.79 Å². The molecule has 0 heterocycles. The van der Waals surface area contributed by atoms with Gasteiger partial charge in [-0.25, -0.2) is 0 Å². The Balaban J connectivity index is 1.67. The lowest BCUT2D eigenvalue weighted by molar-refractivity contribution is -0.147. The number of carbonyl (C=O) groups excluding carboxylic acids is 1. The van der Waals surface area contributed by atoms with Gasteiger partial charge in [0, 0.05) is 0 Å². The third-order valence-electron chi connectivity index (χ3n) is 4.58. The summed E-state index contributed by atoms with van der Waals surface area (Å²) in [7, 11) is 0. The van der Waals surface area contributed by atoms with Crippen molar-refractivity contribution in [1.82, 2.24) is 0 Å². The quantitative estimate of drug-likeness (QED) is 0.618. The Hall–Kier alpha value is -1.35. The van der Waals surface area contributed by atoms with Crippen molar-refractivity contribution in [2.75, 3.05) is 13.2 Å². The molecule has 0 radical (unpaired) electrons. The maximum Gasteiger partial charge on any atom is 0.306 e. The van der Waals surface area contributed by atoms with Gasteiger partial charge in [0.05, 0.1) is 13.0 Å². The van der Waals surface area contributed by atoms with Gasteiger partial charge in [0.2, 0.25) is 0 Å². The molecule has 21 heavy (non-hydrogen) atoms. The van der Waals surface area contributed by atoms with Gasteiger partial charge in [-0.05, 0) is 43.2 Å². The summed E-state index contributed by atoms with van der Waals surface area (Å²) in [5.74, 6) is -0.0737. The van der Waals surface area contributed by atoms with E-state index in [0.717, 1.165) is 25.7 Å². The number of esters is 1. The first kappa shape index (κ1) is 16.0. The molecule has 3 nitrogen and oxygen atoms in total. The van der Waals surface area contributed by atoms with Crippen molar-refractivity contribution in [2.24, 2.45) is 11.1 Å². The van der Waals surface area contributed by atoms with Crippen LogP contribution in [0.1, 0.15) is 50.5 Å². The number of hydrogen-bond donors (Lipinski definition) is 1. The summed E-state index contributed by atoms with van der Waals surface area (Å²) in [6.07, 6.45) is 8.13. The van der Waals surface area contributed by atoms with E-state index in [2.05, 4.69) is 12.1 Å². The van der Waals surface area contributed by atoms with Crippen molar-refractivity contribution in [3.05, 3.63) is 35.9 Å². The van der Waals surface area contributed by atoms with Gasteiger partial charge < -0.3 is 10.5 Å². The van der Waals surface area contributed by atoms with Crippen LogP contribution in [0.25, 0.3) is 0 Å². The number of ether oxygens (including phenoxy) is 1. The SMILES string of the molecule is NCC1(CC(=O)OCCCc2ccccc2)CCCCC1. The lowest BCUT2D eigenvalue weighted by Gasteiger charge is -2.35. The fraction of sp³-hybridized carbons (Fsp3) is 0.611. The maximum atomic E-state index is 12.0. The van der Waals surface area contributed by atoms with E-state index in [0.29, 0.717) is 19.6 Å². The van der Waals surface area contributed by atoms with Gasteiger partial charge in [-0.15, -0.1) is 0 Å². The van der Waals surface area contributed by atoms with Gasteiger partial charge in [0.1, 0.15) is 0 Å². The Morgan fingerprint density at radius 2 is 1.86 bits per heavy atom. The molecule has 2 rings (SSSR count). The minimum absolute atomic E-state index is 0.00869. The second-order valence-corrected chi connectivity index (χ2v) is 6.25. The Morgan fingerprint density at radius 3 is 2.52 bits per heavy atom. The van der Waals surface area contributed by atoms with Crippen LogP contribution < -0.4 is 5.73 Å². The molecule has 0 aliphatic heterocycles. The number of carbonyl (C=O) groups is 1. The average Bonchev–Trinajstić information content (AvgIpc) is 2.53. The van der Waals surface area contributed by atoms with E-state index >= 15 is 0 Å². The fourth-order valence-corrected chi connectivity index (χ4v) is 3.22. The van der Waals surface area contributed by atoms with Gasteiger partial charge in [0.15, 0.2) is 0 Å². The largest absolute Gasteiger partial charge is 0.466 e. The van der Waals surface area contributed by atoms with E-state index in [1.54, 1.807) is 0 Å². The number of benzene rings is 1. The predicted octanol–water partition coefficient (Wildman–Crippen LogP) is 3.46. The van der Waals surface area contributed by atoms with Crippen LogP contribution in [0.15, 0.2) is 30.3 Å². The molecule has 0 spiro atoms. The molecule has 116 valence electrons. The molecule has 1 aromatic rings. The van der Waals surface area contributed by atoms with Crippen molar-refractivity contribution in [1.29, 1.82) is 0 Å². The van der Waals surface area contributed by atoms with Crippen LogP contribution in [0.3, 0.4) is 0 Å². The molecule has 0 amide bonds. The summed E-state index contributed by atoms with van der Waals surface area (Å²) < 4.78 is 5.40. The first-order valence-electron chi connectivity index (χ1n) is 8.14. The molecule has 1 aliphatic carbocycles. The van der Waals surface area contributed by atoms with Crippen LogP contribution >= 0.6 is 0 Å². The maximum absolute atomic E-state index is 12.0. The summed E-state index contributed by atoms with van der Waals surface area (Å²) in [4.78, 5) is 12.0. The van der Waals surface area contributed by atoms with E-state index in [4.69, 9.17) is 10.5 Å². The van der Waals surface area contributed by atoms with E-state index in [-0.39, 0.29) is 11.4 Å². The number of rotatable bonds is 7. The first-order valence-corrected chi connectivity index (χ1v) is 8.14. The fourth-order valence-electron chi connectivity index (χ4n) is 3.22. The number of aryl methyl sites for hydroxylation is 1. The second kappa shape index (κ2) is 8.18. The van der Waals surface area contributed by atoms with Gasteiger partial charge in [0.25, 0.3) is 0 Å². The van der Waals surface area contributed by atoms with Gasteiger partial charge in [-0.1, -0.05) is 49.6 Å². The molecular formula is C18H27NO2. The highest BCUT2D eigenvalue weighted by Crippen LogP contribution is 2.38. The Morgan fingerprint density at radius 1 is 1.14 bits per heavy atom. The van der Waals surface area contributed by atoms with E-state index < -0.39 is 0 Å². The molecule has 0 bridgehead atoms. The van der Waals surface area contributed by atoms with E-state index in [1.165, 1.54) is 24.8 Å². The lowest BCUT2D eigenvalue weighted by atomic mass is 9.72.